The molecule has 3 rings (SSSR count). The van der Waals surface area contributed by atoms with Gasteiger partial charge < -0.3 is 10.2 Å². The van der Waals surface area contributed by atoms with Gasteiger partial charge in [0.15, 0.2) is 11.6 Å². The van der Waals surface area contributed by atoms with Gasteiger partial charge in [-0.15, -0.1) is 0 Å². The molecule has 0 saturated carbocycles. The maximum absolute atomic E-state index is 13.2. The van der Waals surface area contributed by atoms with Crippen LogP contribution in [-0.4, -0.2) is 78.9 Å². The smallest absolute Gasteiger partial charge is 0.238 e. The second kappa shape index (κ2) is 9.23. The summed E-state index contributed by atoms with van der Waals surface area (Å²) >= 11 is 0. The standard InChI is InChI=1S/C19H26F2N4O2/c20-16-5-4-15(12-17(16)21)22-18(26)13-23-8-10-24(11-9-23)14-19(27)25-6-2-1-3-7-25/h4-5,12H,1-3,6-11,13-14H2,(H,22,26). The van der Waals surface area contributed by atoms with E-state index in [4.69, 9.17) is 0 Å². The topological polar surface area (TPSA) is 55.9 Å². The van der Waals surface area contributed by atoms with Crippen molar-refractivity contribution in [3.05, 3.63) is 29.8 Å². The number of nitrogens with one attached hydrogen (secondary N) is 1. The third kappa shape index (κ3) is 5.71. The van der Waals surface area contributed by atoms with E-state index in [1.807, 2.05) is 9.80 Å². The van der Waals surface area contributed by atoms with E-state index < -0.39 is 11.6 Å². The van der Waals surface area contributed by atoms with Crippen LogP contribution >= 0.6 is 0 Å². The van der Waals surface area contributed by atoms with Crippen LogP contribution in [0.25, 0.3) is 0 Å². The predicted molar refractivity (Wildman–Crippen MR) is 98.3 cm³/mol. The number of hydrogen-bond donors (Lipinski definition) is 1. The molecular formula is C19H26F2N4O2. The number of nitrogens with zero attached hydrogens (tertiary/aromatic N) is 3. The van der Waals surface area contributed by atoms with Crippen molar-refractivity contribution in [2.24, 2.45) is 0 Å². The van der Waals surface area contributed by atoms with Crippen LogP contribution in [0.3, 0.4) is 0 Å². The summed E-state index contributed by atoms with van der Waals surface area (Å²) in [6.07, 6.45) is 3.38. The van der Waals surface area contributed by atoms with E-state index in [0.29, 0.717) is 19.6 Å². The van der Waals surface area contributed by atoms with E-state index in [0.717, 1.165) is 51.2 Å². The summed E-state index contributed by atoms with van der Waals surface area (Å²) in [4.78, 5) is 30.5. The Bertz CT molecular complexity index is 672. The van der Waals surface area contributed by atoms with Gasteiger partial charge in [0.2, 0.25) is 11.8 Å². The fourth-order valence-corrected chi connectivity index (χ4v) is 3.52. The Morgan fingerprint density at radius 1 is 0.852 bits per heavy atom. The zero-order valence-electron chi connectivity index (χ0n) is 15.4. The molecule has 0 atom stereocenters. The lowest BCUT2D eigenvalue weighted by Gasteiger charge is -2.35. The largest absolute Gasteiger partial charge is 0.342 e. The maximum Gasteiger partial charge on any atom is 0.238 e. The number of halogens is 2. The third-order valence-corrected chi connectivity index (χ3v) is 5.10. The molecule has 0 unspecified atom stereocenters. The van der Waals surface area contributed by atoms with Crippen LogP contribution < -0.4 is 5.32 Å². The van der Waals surface area contributed by atoms with Gasteiger partial charge in [0.05, 0.1) is 13.1 Å². The highest BCUT2D eigenvalue weighted by molar-refractivity contribution is 5.92. The summed E-state index contributed by atoms with van der Waals surface area (Å²) in [6.45, 7) is 5.21. The lowest BCUT2D eigenvalue weighted by Crippen LogP contribution is -2.51. The number of likely N-dealkylation sites (tertiary alicyclic amines) is 1. The molecule has 1 aromatic carbocycles. The number of rotatable bonds is 5. The molecule has 6 nitrogen and oxygen atoms in total. The van der Waals surface area contributed by atoms with Gasteiger partial charge in [0.1, 0.15) is 0 Å². The Morgan fingerprint density at radius 2 is 1.48 bits per heavy atom. The molecule has 2 saturated heterocycles. The fourth-order valence-electron chi connectivity index (χ4n) is 3.52. The Kier molecular flexibility index (Phi) is 6.73. The van der Waals surface area contributed by atoms with Crippen molar-refractivity contribution in [3.8, 4) is 0 Å². The van der Waals surface area contributed by atoms with Crippen molar-refractivity contribution < 1.29 is 18.4 Å². The van der Waals surface area contributed by atoms with E-state index in [1.165, 1.54) is 12.5 Å². The monoisotopic (exact) mass is 380 g/mol. The molecule has 2 amide bonds. The first kappa shape index (κ1) is 19.7. The molecule has 2 fully saturated rings. The van der Waals surface area contributed by atoms with E-state index in [1.54, 1.807) is 0 Å². The van der Waals surface area contributed by atoms with Gasteiger partial charge in [-0.3, -0.25) is 19.4 Å². The van der Waals surface area contributed by atoms with Crippen molar-refractivity contribution in [1.82, 2.24) is 14.7 Å². The van der Waals surface area contributed by atoms with E-state index in [-0.39, 0.29) is 24.0 Å². The predicted octanol–water partition coefficient (Wildman–Crippen LogP) is 1.53. The van der Waals surface area contributed by atoms with E-state index in [2.05, 4.69) is 10.2 Å². The van der Waals surface area contributed by atoms with Gasteiger partial charge in [-0.25, -0.2) is 8.78 Å². The van der Waals surface area contributed by atoms with E-state index >= 15 is 0 Å². The van der Waals surface area contributed by atoms with Crippen LogP contribution in [0.5, 0.6) is 0 Å². The molecule has 0 aromatic heterocycles. The average Bonchev–Trinajstić information content (AvgIpc) is 2.67. The van der Waals surface area contributed by atoms with Crippen molar-refractivity contribution in [2.75, 3.05) is 57.7 Å². The normalized spacial score (nSPS) is 19.1. The van der Waals surface area contributed by atoms with Gasteiger partial charge in [0.25, 0.3) is 0 Å². The second-order valence-electron chi connectivity index (χ2n) is 7.17. The Balaban J connectivity index is 1.39. The maximum atomic E-state index is 13.2. The number of amides is 2. The minimum absolute atomic E-state index is 0.187. The number of anilines is 1. The lowest BCUT2D eigenvalue weighted by molar-refractivity contribution is -0.134. The second-order valence-corrected chi connectivity index (χ2v) is 7.17. The molecule has 0 aliphatic carbocycles. The fraction of sp³-hybridized carbons (Fsp3) is 0.579. The zero-order chi connectivity index (χ0) is 19.2. The van der Waals surface area contributed by atoms with Crippen LogP contribution in [0.4, 0.5) is 14.5 Å². The molecule has 1 N–H and O–H groups in total. The highest BCUT2D eigenvalue weighted by Gasteiger charge is 2.23. The van der Waals surface area contributed by atoms with Crippen molar-refractivity contribution in [2.45, 2.75) is 19.3 Å². The highest BCUT2D eigenvalue weighted by Crippen LogP contribution is 2.13. The number of piperazine rings is 1. The minimum atomic E-state index is -0.986. The average molecular weight is 380 g/mol. The molecule has 148 valence electrons. The summed E-state index contributed by atoms with van der Waals surface area (Å²) in [7, 11) is 0. The molecule has 0 bridgehead atoms. The third-order valence-electron chi connectivity index (χ3n) is 5.10. The minimum Gasteiger partial charge on any atom is -0.342 e. The van der Waals surface area contributed by atoms with Gasteiger partial charge in [0, 0.05) is 51.0 Å². The first-order valence-electron chi connectivity index (χ1n) is 9.48. The first-order valence-corrected chi connectivity index (χ1v) is 9.48. The van der Waals surface area contributed by atoms with Crippen molar-refractivity contribution in [1.29, 1.82) is 0 Å². The van der Waals surface area contributed by atoms with Gasteiger partial charge >= 0.3 is 0 Å². The van der Waals surface area contributed by atoms with Gasteiger partial charge in [-0.2, -0.15) is 0 Å². The van der Waals surface area contributed by atoms with Crippen molar-refractivity contribution in [3.63, 3.8) is 0 Å². The SMILES string of the molecule is O=C(CN1CCN(CC(=O)N2CCCCC2)CC1)Nc1ccc(F)c(F)c1. The number of benzene rings is 1. The number of carbonyl (C=O) groups excluding carboxylic acids is 2. The molecule has 2 heterocycles. The number of piperidine rings is 1. The zero-order valence-corrected chi connectivity index (χ0v) is 15.4. The molecule has 1 aromatic rings. The highest BCUT2D eigenvalue weighted by atomic mass is 19.2. The van der Waals surface area contributed by atoms with Crippen LogP contribution in [0, 0.1) is 11.6 Å². The van der Waals surface area contributed by atoms with Gasteiger partial charge in [-0.05, 0) is 31.4 Å². The molecule has 8 heteroatoms. The summed E-state index contributed by atoms with van der Waals surface area (Å²) in [5.41, 5.74) is 0.240. The molecule has 27 heavy (non-hydrogen) atoms. The Hall–Kier alpha value is -2.06. The Labute approximate surface area is 158 Å². The van der Waals surface area contributed by atoms with Gasteiger partial charge in [-0.1, -0.05) is 0 Å². The van der Waals surface area contributed by atoms with Crippen LogP contribution in [0.1, 0.15) is 19.3 Å². The quantitative estimate of drug-likeness (QED) is 0.842. The summed E-state index contributed by atoms with van der Waals surface area (Å²) in [5, 5.41) is 2.58. The molecular weight excluding hydrogens is 354 g/mol. The molecule has 2 aliphatic heterocycles. The first-order chi connectivity index (χ1) is 13.0. The van der Waals surface area contributed by atoms with E-state index in [9.17, 15) is 18.4 Å². The van der Waals surface area contributed by atoms with Crippen LogP contribution in [-0.2, 0) is 9.59 Å². The molecule has 0 spiro atoms. The van der Waals surface area contributed by atoms with Crippen molar-refractivity contribution >= 4 is 17.5 Å². The summed E-state index contributed by atoms with van der Waals surface area (Å²) < 4.78 is 26.1. The van der Waals surface area contributed by atoms with Crippen LogP contribution in [0.2, 0.25) is 0 Å². The Morgan fingerprint density at radius 3 is 2.11 bits per heavy atom. The number of carbonyl (C=O) groups is 2. The summed E-state index contributed by atoms with van der Waals surface area (Å²) in [6, 6.07) is 3.29. The summed E-state index contributed by atoms with van der Waals surface area (Å²) in [5.74, 6) is -2.00. The lowest BCUT2D eigenvalue weighted by atomic mass is 10.1. The number of hydrogen-bond acceptors (Lipinski definition) is 4. The van der Waals surface area contributed by atoms with Crippen LogP contribution in [0.15, 0.2) is 18.2 Å². The molecule has 0 radical (unpaired) electrons. The molecule has 2 aliphatic rings.